The van der Waals surface area contributed by atoms with Crippen molar-refractivity contribution in [2.45, 2.75) is 37.5 Å². The standard InChI is InChI=1S/C32H35F2N5O3/c1-38(2)16-32(8-9-32)17-42-31-36-29-23(30(37-31)39-14-19-11-26(41-3)25(15-39)35-19)13-24(33)27(28(29)34)22-12-20(40)10-18-6-4-5-7-21(18)22/h4-7,10,12-13,19,25-26,35,40H,8-9,11,14-17H2,1-3H3. The van der Waals surface area contributed by atoms with E-state index in [2.05, 4.69) is 20.1 Å². The fraction of sp³-hybridized carbons (Fsp3) is 0.438. The molecule has 3 aliphatic rings. The summed E-state index contributed by atoms with van der Waals surface area (Å²) in [6.07, 6.45) is 3.00. The number of benzene rings is 3. The van der Waals surface area contributed by atoms with Crippen LogP contribution in [0.3, 0.4) is 0 Å². The van der Waals surface area contributed by atoms with E-state index < -0.39 is 11.6 Å². The fourth-order valence-corrected chi connectivity index (χ4v) is 6.86. The second-order valence-corrected chi connectivity index (χ2v) is 12.4. The van der Waals surface area contributed by atoms with Gasteiger partial charge < -0.3 is 29.7 Å². The summed E-state index contributed by atoms with van der Waals surface area (Å²) in [4.78, 5) is 13.5. The highest BCUT2D eigenvalue weighted by Crippen LogP contribution is 2.46. The lowest BCUT2D eigenvalue weighted by Gasteiger charge is -2.35. The molecule has 3 atom stereocenters. The van der Waals surface area contributed by atoms with Crippen molar-refractivity contribution in [1.82, 2.24) is 20.2 Å². The Bertz CT molecular complexity index is 1680. The third-order valence-corrected chi connectivity index (χ3v) is 8.95. The van der Waals surface area contributed by atoms with Crippen molar-refractivity contribution in [3.8, 4) is 22.9 Å². The Balaban J connectivity index is 1.37. The van der Waals surface area contributed by atoms with Crippen LogP contribution in [0.2, 0.25) is 0 Å². The fourth-order valence-electron chi connectivity index (χ4n) is 6.86. The second-order valence-electron chi connectivity index (χ2n) is 12.4. The quantitative estimate of drug-likeness (QED) is 0.313. The van der Waals surface area contributed by atoms with Crippen LogP contribution in [0.15, 0.2) is 42.5 Å². The van der Waals surface area contributed by atoms with E-state index in [4.69, 9.17) is 14.5 Å². The number of aromatic hydroxyl groups is 1. The van der Waals surface area contributed by atoms with Gasteiger partial charge in [0.25, 0.3) is 0 Å². The van der Waals surface area contributed by atoms with E-state index in [1.807, 2.05) is 20.2 Å². The second kappa shape index (κ2) is 10.3. The van der Waals surface area contributed by atoms with Gasteiger partial charge in [0.1, 0.15) is 22.9 Å². The summed E-state index contributed by atoms with van der Waals surface area (Å²) in [5.74, 6) is -1.18. The molecule has 220 valence electrons. The summed E-state index contributed by atoms with van der Waals surface area (Å²) in [6, 6.07) is 11.8. The number of hydrogen-bond donors (Lipinski definition) is 2. The van der Waals surface area contributed by atoms with Gasteiger partial charge in [0, 0.05) is 43.6 Å². The van der Waals surface area contributed by atoms with Crippen LogP contribution < -0.4 is 15.0 Å². The largest absolute Gasteiger partial charge is 0.508 e. The summed E-state index contributed by atoms with van der Waals surface area (Å²) in [7, 11) is 5.78. The van der Waals surface area contributed by atoms with Gasteiger partial charge in [0.05, 0.1) is 24.3 Å². The molecule has 3 unspecified atom stereocenters. The number of nitrogens with one attached hydrogen (secondary N) is 1. The molecule has 0 radical (unpaired) electrons. The molecule has 2 bridgehead atoms. The Morgan fingerprint density at radius 1 is 1.10 bits per heavy atom. The van der Waals surface area contributed by atoms with Gasteiger partial charge in [-0.05, 0) is 67.9 Å². The smallest absolute Gasteiger partial charge is 0.319 e. The van der Waals surface area contributed by atoms with Gasteiger partial charge in [0.2, 0.25) is 0 Å². The van der Waals surface area contributed by atoms with E-state index in [0.717, 1.165) is 25.8 Å². The van der Waals surface area contributed by atoms with Gasteiger partial charge in [-0.3, -0.25) is 0 Å². The first-order chi connectivity index (χ1) is 20.2. The van der Waals surface area contributed by atoms with Crippen LogP contribution in [0.5, 0.6) is 11.8 Å². The molecular weight excluding hydrogens is 540 g/mol. The van der Waals surface area contributed by atoms with E-state index in [9.17, 15) is 5.11 Å². The molecule has 8 nitrogen and oxygen atoms in total. The summed E-state index contributed by atoms with van der Waals surface area (Å²) in [5.41, 5.74) is 0.0346. The van der Waals surface area contributed by atoms with Crippen molar-refractivity contribution in [1.29, 1.82) is 0 Å². The molecule has 1 aliphatic carbocycles. The number of phenols is 1. The van der Waals surface area contributed by atoms with Crippen molar-refractivity contribution in [3.63, 3.8) is 0 Å². The maximum absolute atomic E-state index is 16.6. The molecule has 2 N–H and O–H groups in total. The minimum absolute atomic E-state index is 0.00884. The number of hydrogen-bond acceptors (Lipinski definition) is 8. The van der Waals surface area contributed by atoms with Crippen molar-refractivity contribution < 1.29 is 23.4 Å². The van der Waals surface area contributed by atoms with Crippen molar-refractivity contribution in [2.75, 3.05) is 52.3 Å². The molecule has 0 amide bonds. The van der Waals surface area contributed by atoms with Crippen LogP contribution in [-0.2, 0) is 4.74 Å². The number of halogens is 2. The van der Waals surface area contributed by atoms with E-state index in [1.54, 1.807) is 31.4 Å². The Labute approximate surface area is 243 Å². The predicted octanol–water partition coefficient (Wildman–Crippen LogP) is 4.72. The topological polar surface area (TPSA) is 83.0 Å². The van der Waals surface area contributed by atoms with Gasteiger partial charge in [0.15, 0.2) is 5.82 Å². The lowest BCUT2D eigenvalue weighted by Crippen LogP contribution is -2.53. The predicted molar refractivity (Wildman–Crippen MR) is 158 cm³/mol. The molecule has 0 spiro atoms. The molecule has 3 heterocycles. The molecule has 2 saturated heterocycles. The molecule has 3 fully saturated rings. The Morgan fingerprint density at radius 3 is 2.67 bits per heavy atom. The van der Waals surface area contributed by atoms with E-state index in [1.165, 1.54) is 12.1 Å². The van der Waals surface area contributed by atoms with Gasteiger partial charge in [-0.2, -0.15) is 9.97 Å². The average molecular weight is 576 g/mol. The number of piperazine rings is 1. The number of phenolic OH excluding ortho intramolecular Hbond substituents is 1. The van der Waals surface area contributed by atoms with Crippen molar-refractivity contribution in [3.05, 3.63) is 54.1 Å². The molecule has 3 aromatic carbocycles. The first-order valence-electron chi connectivity index (χ1n) is 14.5. The van der Waals surface area contributed by atoms with Crippen molar-refractivity contribution in [2.24, 2.45) is 5.41 Å². The lowest BCUT2D eigenvalue weighted by atomic mass is 9.95. The SMILES string of the molecule is COC1CC2CN(c3nc(OCC4(CN(C)C)CC4)nc4c(F)c(-c5cc(O)cc6ccccc56)c(F)cc34)CC1N2. The number of rotatable bonds is 8. The first kappa shape index (κ1) is 27.2. The third kappa shape index (κ3) is 4.81. The third-order valence-electron chi connectivity index (χ3n) is 8.95. The van der Waals surface area contributed by atoms with Gasteiger partial charge in [-0.1, -0.05) is 24.3 Å². The van der Waals surface area contributed by atoms with Gasteiger partial charge in [-0.25, -0.2) is 8.78 Å². The highest BCUT2D eigenvalue weighted by Gasteiger charge is 2.44. The molecular formula is C32H35F2N5O3. The van der Waals surface area contributed by atoms with Crippen LogP contribution in [0.25, 0.3) is 32.8 Å². The Morgan fingerprint density at radius 2 is 1.90 bits per heavy atom. The highest BCUT2D eigenvalue weighted by atomic mass is 19.1. The zero-order chi connectivity index (χ0) is 29.2. The lowest BCUT2D eigenvalue weighted by molar-refractivity contribution is 0.0947. The van der Waals surface area contributed by atoms with E-state index in [-0.39, 0.29) is 57.4 Å². The number of ether oxygens (including phenoxy) is 2. The number of fused-ring (bicyclic) bond motifs is 4. The number of methoxy groups -OCH3 is 1. The number of anilines is 1. The number of nitrogens with zero attached hydrogens (tertiary/aromatic N) is 4. The molecule has 1 saturated carbocycles. The van der Waals surface area contributed by atoms with E-state index in [0.29, 0.717) is 36.3 Å². The summed E-state index contributed by atoms with van der Waals surface area (Å²) in [5, 5.41) is 15.6. The molecule has 2 aliphatic heterocycles. The van der Waals surface area contributed by atoms with E-state index >= 15 is 8.78 Å². The molecule has 1 aromatic heterocycles. The minimum Gasteiger partial charge on any atom is -0.508 e. The summed E-state index contributed by atoms with van der Waals surface area (Å²) >= 11 is 0. The maximum Gasteiger partial charge on any atom is 0.319 e. The van der Waals surface area contributed by atoms with Crippen LogP contribution in [-0.4, -0.2) is 85.6 Å². The number of aromatic nitrogens is 2. The van der Waals surface area contributed by atoms with Crippen LogP contribution in [0, 0.1) is 17.0 Å². The van der Waals surface area contributed by atoms with Gasteiger partial charge >= 0.3 is 6.01 Å². The van der Waals surface area contributed by atoms with Crippen LogP contribution in [0.4, 0.5) is 14.6 Å². The van der Waals surface area contributed by atoms with Crippen molar-refractivity contribution >= 4 is 27.5 Å². The molecule has 4 aromatic rings. The van der Waals surface area contributed by atoms with Crippen LogP contribution in [0.1, 0.15) is 19.3 Å². The summed E-state index contributed by atoms with van der Waals surface area (Å²) < 4.78 is 44.5. The zero-order valence-corrected chi connectivity index (χ0v) is 24.0. The first-order valence-corrected chi connectivity index (χ1v) is 14.5. The Kier molecular flexibility index (Phi) is 6.67. The van der Waals surface area contributed by atoms with Crippen LogP contribution >= 0.6 is 0 Å². The monoisotopic (exact) mass is 575 g/mol. The minimum atomic E-state index is -0.809. The molecule has 42 heavy (non-hydrogen) atoms. The summed E-state index contributed by atoms with van der Waals surface area (Å²) in [6.45, 7) is 2.49. The maximum atomic E-state index is 16.6. The molecule has 7 rings (SSSR count). The van der Waals surface area contributed by atoms with Gasteiger partial charge in [-0.15, -0.1) is 0 Å². The Hall–Kier alpha value is -3.60. The average Bonchev–Trinajstić information content (AvgIpc) is 3.66. The zero-order valence-electron chi connectivity index (χ0n) is 24.0. The molecule has 10 heteroatoms. The highest BCUT2D eigenvalue weighted by molar-refractivity contribution is 6.01. The normalized spacial score (nSPS) is 22.8.